The van der Waals surface area contributed by atoms with Crippen LogP contribution in [0, 0.1) is 20.8 Å². The molecule has 126 valence electrons. The summed E-state index contributed by atoms with van der Waals surface area (Å²) in [5.41, 5.74) is 4.79. The Morgan fingerprint density at radius 3 is 2.50 bits per heavy atom. The van der Waals surface area contributed by atoms with Crippen molar-refractivity contribution < 1.29 is 14.3 Å². The molecule has 1 heterocycles. The van der Waals surface area contributed by atoms with Gasteiger partial charge in [0, 0.05) is 0 Å². The molecule has 0 aromatic heterocycles. The van der Waals surface area contributed by atoms with Gasteiger partial charge in [0.25, 0.3) is 5.91 Å². The van der Waals surface area contributed by atoms with E-state index in [4.69, 9.17) is 9.47 Å². The van der Waals surface area contributed by atoms with E-state index in [2.05, 4.69) is 38.2 Å². The summed E-state index contributed by atoms with van der Waals surface area (Å²) < 4.78 is 11.4. The molecule has 4 nitrogen and oxygen atoms in total. The van der Waals surface area contributed by atoms with Crippen LogP contribution in [0.5, 0.6) is 11.5 Å². The average Bonchev–Trinajstić information content (AvgIpc) is 2.57. The monoisotopic (exact) mass is 325 g/mol. The largest absolute Gasteiger partial charge is 0.485 e. The van der Waals surface area contributed by atoms with E-state index in [1.165, 1.54) is 16.7 Å². The van der Waals surface area contributed by atoms with Crippen molar-refractivity contribution in [1.29, 1.82) is 0 Å². The van der Waals surface area contributed by atoms with Gasteiger partial charge >= 0.3 is 0 Å². The highest BCUT2D eigenvalue weighted by atomic mass is 16.6. The minimum Gasteiger partial charge on any atom is -0.485 e. The van der Waals surface area contributed by atoms with Crippen LogP contribution >= 0.6 is 0 Å². The predicted octanol–water partition coefficient (Wildman–Crippen LogP) is 3.63. The van der Waals surface area contributed by atoms with Crippen LogP contribution in [-0.2, 0) is 4.79 Å². The van der Waals surface area contributed by atoms with E-state index >= 15 is 0 Å². The Morgan fingerprint density at radius 2 is 1.75 bits per heavy atom. The van der Waals surface area contributed by atoms with E-state index in [-0.39, 0.29) is 18.6 Å². The lowest BCUT2D eigenvalue weighted by Crippen LogP contribution is -2.44. The molecule has 0 aliphatic carbocycles. The number of hydrogen-bond donors (Lipinski definition) is 1. The quantitative estimate of drug-likeness (QED) is 0.937. The Kier molecular flexibility index (Phi) is 4.47. The van der Waals surface area contributed by atoms with Crippen molar-refractivity contribution in [2.75, 3.05) is 6.61 Å². The van der Waals surface area contributed by atoms with Crippen LogP contribution in [0.15, 0.2) is 36.4 Å². The van der Waals surface area contributed by atoms with Crippen LogP contribution in [0.4, 0.5) is 0 Å². The molecular weight excluding hydrogens is 302 g/mol. The van der Waals surface area contributed by atoms with Gasteiger partial charge in [-0.1, -0.05) is 24.3 Å². The zero-order chi connectivity index (χ0) is 17.3. The van der Waals surface area contributed by atoms with Gasteiger partial charge < -0.3 is 14.8 Å². The zero-order valence-corrected chi connectivity index (χ0v) is 14.6. The van der Waals surface area contributed by atoms with Gasteiger partial charge in [0.1, 0.15) is 6.61 Å². The van der Waals surface area contributed by atoms with Crippen molar-refractivity contribution in [3.8, 4) is 11.5 Å². The highest BCUT2D eigenvalue weighted by Gasteiger charge is 2.28. The van der Waals surface area contributed by atoms with Gasteiger partial charge in [0.2, 0.25) is 6.10 Å². The van der Waals surface area contributed by atoms with Gasteiger partial charge in [-0.25, -0.2) is 0 Å². The molecule has 3 rings (SSSR count). The van der Waals surface area contributed by atoms with Crippen molar-refractivity contribution in [1.82, 2.24) is 5.32 Å². The number of para-hydroxylation sites is 2. The first-order valence-corrected chi connectivity index (χ1v) is 8.22. The number of aryl methyl sites for hydroxylation is 3. The van der Waals surface area contributed by atoms with Gasteiger partial charge in [0.05, 0.1) is 6.04 Å². The van der Waals surface area contributed by atoms with Crippen molar-refractivity contribution >= 4 is 5.91 Å². The second-order valence-corrected chi connectivity index (χ2v) is 6.39. The summed E-state index contributed by atoms with van der Waals surface area (Å²) in [5, 5.41) is 3.04. The van der Waals surface area contributed by atoms with Crippen LogP contribution in [0.3, 0.4) is 0 Å². The maximum atomic E-state index is 12.5. The number of rotatable bonds is 3. The molecule has 1 amide bonds. The summed E-state index contributed by atoms with van der Waals surface area (Å²) in [5.74, 6) is 1.13. The molecule has 24 heavy (non-hydrogen) atoms. The summed E-state index contributed by atoms with van der Waals surface area (Å²) >= 11 is 0. The standard InChI is InChI=1S/C20H23NO3/c1-12-9-14(3)16(10-13(12)2)15(4)21-20(22)19-11-23-17-7-5-6-8-18(17)24-19/h5-10,15,19H,11H2,1-4H3,(H,21,22). The molecule has 2 aromatic rings. The molecule has 0 radical (unpaired) electrons. The summed E-state index contributed by atoms with van der Waals surface area (Å²) in [7, 11) is 0. The number of benzene rings is 2. The molecule has 1 aliphatic rings. The maximum absolute atomic E-state index is 12.5. The Hall–Kier alpha value is -2.49. The van der Waals surface area contributed by atoms with Gasteiger partial charge in [0.15, 0.2) is 11.5 Å². The molecule has 0 saturated heterocycles. The van der Waals surface area contributed by atoms with Crippen molar-refractivity contribution in [3.05, 3.63) is 58.7 Å². The normalized spacial score (nSPS) is 17.2. The third-order valence-electron chi connectivity index (χ3n) is 4.51. The van der Waals surface area contributed by atoms with E-state index < -0.39 is 6.10 Å². The van der Waals surface area contributed by atoms with Crippen LogP contribution in [0.1, 0.15) is 35.2 Å². The molecule has 2 atom stereocenters. The number of carbonyl (C=O) groups is 1. The number of hydrogen-bond acceptors (Lipinski definition) is 3. The first-order chi connectivity index (χ1) is 11.5. The van der Waals surface area contributed by atoms with E-state index in [1.54, 1.807) is 0 Å². The second kappa shape index (κ2) is 6.56. The van der Waals surface area contributed by atoms with Crippen molar-refractivity contribution in [3.63, 3.8) is 0 Å². The van der Waals surface area contributed by atoms with Gasteiger partial charge in [-0.3, -0.25) is 4.79 Å². The third kappa shape index (κ3) is 3.23. The SMILES string of the molecule is Cc1cc(C)c(C(C)NC(=O)C2COc3ccccc3O2)cc1C. The molecule has 0 bridgehead atoms. The van der Waals surface area contributed by atoms with Crippen molar-refractivity contribution in [2.45, 2.75) is 39.8 Å². The number of amides is 1. The number of carbonyl (C=O) groups excluding carboxylic acids is 1. The minimum atomic E-state index is -0.630. The molecule has 0 saturated carbocycles. The molecule has 0 fully saturated rings. The summed E-state index contributed by atoms with van der Waals surface area (Å²) in [6.07, 6.45) is -0.630. The Morgan fingerprint density at radius 1 is 1.08 bits per heavy atom. The molecule has 0 spiro atoms. The fraction of sp³-hybridized carbons (Fsp3) is 0.350. The van der Waals surface area contributed by atoms with Crippen LogP contribution in [-0.4, -0.2) is 18.6 Å². The lowest BCUT2D eigenvalue weighted by atomic mass is 9.96. The molecule has 1 N–H and O–H groups in total. The second-order valence-electron chi connectivity index (χ2n) is 6.39. The highest BCUT2D eigenvalue weighted by molar-refractivity contribution is 5.82. The molecule has 2 aromatic carbocycles. The van der Waals surface area contributed by atoms with Gasteiger partial charge in [-0.05, 0) is 62.1 Å². The topological polar surface area (TPSA) is 47.6 Å². The minimum absolute atomic E-state index is 0.0856. The predicted molar refractivity (Wildman–Crippen MR) is 93.6 cm³/mol. The molecular formula is C20H23NO3. The first-order valence-electron chi connectivity index (χ1n) is 8.22. The fourth-order valence-corrected chi connectivity index (χ4v) is 2.98. The highest BCUT2D eigenvalue weighted by Crippen LogP contribution is 2.31. The van der Waals surface area contributed by atoms with Crippen LogP contribution in [0.2, 0.25) is 0 Å². The first kappa shape index (κ1) is 16.4. The smallest absolute Gasteiger partial charge is 0.265 e. The molecule has 1 aliphatic heterocycles. The van der Waals surface area contributed by atoms with Crippen molar-refractivity contribution in [2.24, 2.45) is 0 Å². The van der Waals surface area contributed by atoms with Gasteiger partial charge in [-0.2, -0.15) is 0 Å². The number of ether oxygens (including phenoxy) is 2. The zero-order valence-electron chi connectivity index (χ0n) is 14.6. The Labute approximate surface area is 142 Å². The van der Waals surface area contributed by atoms with Gasteiger partial charge in [-0.15, -0.1) is 0 Å². The maximum Gasteiger partial charge on any atom is 0.265 e. The number of fused-ring (bicyclic) bond motifs is 1. The van der Waals surface area contributed by atoms with E-state index in [1.807, 2.05) is 31.2 Å². The summed E-state index contributed by atoms with van der Waals surface area (Å²) in [6.45, 7) is 8.47. The molecule has 2 unspecified atom stereocenters. The Bertz CT molecular complexity index is 769. The van der Waals surface area contributed by atoms with E-state index in [0.717, 1.165) is 5.56 Å². The lowest BCUT2D eigenvalue weighted by molar-refractivity contribution is -0.131. The summed E-state index contributed by atoms with van der Waals surface area (Å²) in [6, 6.07) is 11.6. The van der Waals surface area contributed by atoms with E-state index in [0.29, 0.717) is 11.5 Å². The van der Waals surface area contributed by atoms with Crippen LogP contribution in [0.25, 0.3) is 0 Å². The van der Waals surface area contributed by atoms with Crippen LogP contribution < -0.4 is 14.8 Å². The van der Waals surface area contributed by atoms with E-state index in [9.17, 15) is 4.79 Å². The summed E-state index contributed by atoms with van der Waals surface area (Å²) in [4.78, 5) is 12.5. The molecule has 4 heteroatoms. The third-order valence-corrected chi connectivity index (χ3v) is 4.51. The fourth-order valence-electron chi connectivity index (χ4n) is 2.98. The lowest BCUT2D eigenvalue weighted by Gasteiger charge is -2.27. The number of nitrogens with one attached hydrogen (secondary N) is 1. The average molecular weight is 325 g/mol. The Balaban J connectivity index is 1.70.